The molecule has 0 aromatic rings. The minimum Gasteiger partial charge on any atom is -0.318 e. The van der Waals surface area contributed by atoms with Crippen molar-refractivity contribution in [2.24, 2.45) is 5.41 Å². The predicted octanol–water partition coefficient (Wildman–Crippen LogP) is 5.26. The highest BCUT2D eigenvalue weighted by molar-refractivity contribution is 8.35. The lowest BCUT2D eigenvalue weighted by Crippen LogP contribution is -2.50. The van der Waals surface area contributed by atoms with Crippen LogP contribution in [0.1, 0.15) is 79.1 Å². The second-order valence-corrected chi connectivity index (χ2v) is 13.5. The summed E-state index contributed by atoms with van der Waals surface area (Å²) >= 11 is 0. The van der Waals surface area contributed by atoms with Crippen molar-refractivity contribution in [3.05, 3.63) is 0 Å². The molecule has 1 N–H and O–H groups in total. The smallest absolute Gasteiger partial charge is 0.0133 e. The van der Waals surface area contributed by atoms with E-state index in [0.717, 1.165) is 16.2 Å². The van der Waals surface area contributed by atoms with Gasteiger partial charge < -0.3 is 10.2 Å². The molecule has 3 heterocycles. The van der Waals surface area contributed by atoms with Gasteiger partial charge in [-0.15, -0.1) is 0 Å². The fourth-order valence-electron chi connectivity index (χ4n) is 5.28. The molecule has 0 aromatic carbocycles. The van der Waals surface area contributed by atoms with Gasteiger partial charge in [0.05, 0.1) is 0 Å². The lowest BCUT2D eigenvalue weighted by atomic mass is 9.98. The number of fused-ring (bicyclic) bond motifs is 1. The predicted molar refractivity (Wildman–Crippen MR) is 117 cm³/mol. The van der Waals surface area contributed by atoms with E-state index in [9.17, 15) is 0 Å². The quantitative estimate of drug-likeness (QED) is 0.728. The van der Waals surface area contributed by atoms with E-state index in [-0.39, 0.29) is 10.0 Å². The Labute approximate surface area is 160 Å². The topological polar surface area (TPSA) is 15.3 Å². The van der Waals surface area contributed by atoms with E-state index in [0.29, 0.717) is 0 Å². The molecule has 0 amide bonds. The Morgan fingerprint density at radius 1 is 0.920 bits per heavy atom. The largest absolute Gasteiger partial charge is 0.318 e. The van der Waals surface area contributed by atoms with Crippen LogP contribution >= 0.6 is 10.0 Å². The van der Waals surface area contributed by atoms with Gasteiger partial charge in [0.1, 0.15) is 0 Å². The van der Waals surface area contributed by atoms with Crippen LogP contribution in [-0.4, -0.2) is 60.1 Å². The SMILES string of the molecule is CC.CC(C)N1CCCC2(CC1)CC2.CNCC12CCCS1(C)CC2. The number of rotatable bonds is 3. The molecule has 2 unspecified atom stereocenters. The lowest BCUT2D eigenvalue weighted by Gasteiger charge is -2.58. The molecule has 1 saturated carbocycles. The van der Waals surface area contributed by atoms with Gasteiger partial charge >= 0.3 is 0 Å². The van der Waals surface area contributed by atoms with Crippen LogP contribution in [0.5, 0.6) is 0 Å². The van der Waals surface area contributed by atoms with Crippen molar-refractivity contribution >= 4 is 10.0 Å². The molecule has 2 nitrogen and oxygen atoms in total. The van der Waals surface area contributed by atoms with Crippen LogP contribution in [0.3, 0.4) is 0 Å². The van der Waals surface area contributed by atoms with E-state index in [4.69, 9.17) is 0 Å². The minimum absolute atomic E-state index is 0.131. The molecular formula is C22H46N2S. The summed E-state index contributed by atoms with van der Waals surface area (Å²) in [5.74, 6) is 3.13. The van der Waals surface area contributed by atoms with Crippen LogP contribution in [0.2, 0.25) is 0 Å². The lowest BCUT2D eigenvalue weighted by molar-refractivity contribution is 0.226. The first-order valence-electron chi connectivity index (χ1n) is 11.1. The third-order valence-corrected chi connectivity index (χ3v) is 12.5. The third-order valence-electron chi connectivity index (χ3n) is 7.55. The highest BCUT2D eigenvalue weighted by Crippen LogP contribution is 2.72. The van der Waals surface area contributed by atoms with Crippen molar-refractivity contribution in [2.75, 3.05) is 44.4 Å². The van der Waals surface area contributed by atoms with Gasteiger partial charge in [0.2, 0.25) is 0 Å². The van der Waals surface area contributed by atoms with Gasteiger partial charge in [-0.1, -0.05) is 13.8 Å². The Bertz CT molecular complexity index is 407. The Morgan fingerprint density at radius 2 is 1.64 bits per heavy atom. The molecule has 4 aliphatic rings. The molecule has 4 rings (SSSR count). The fourth-order valence-corrected chi connectivity index (χ4v) is 9.31. The molecule has 0 bridgehead atoms. The van der Waals surface area contributed by atoms with Crippen molar-refractivity contribution in [3.63, 3.8) is 0 Å². The van der Waals surface area contributed by atoms with E-state index in [1.807, 2.05) is 13.8 Å². The molecule has 1 aliphatic carbocycles. The van der Waals surface area contributed by atoms with Gasteiger partial charge in [0, 0.05) is 17.3 Å². The van der Waals surface area contributed by atoms with Crippen LogP contribution in [0.25, 0.3) is 0 Å². The van der Waals surface area contributed by atoms with E-state index >= 15 is 0 Å². The Hall–Kier alpha value is 0.270. The number of nitrogens with zero attached hydrogens (tertiary/aromatic N) is 1. The highest BCUT2D eigenvalue weighted by atomic mass is 32.3. The Balaban J connectivity index is 0.000000165. The maximum Gasteiger partial charge on any atom is 0.0133 e. The first-order valence-corrected chi connectivity index (χ1v) is 13.4. The number of hydrogen-bond acceptors (Lipinski definition) is 2. The molecule has 4 fully saturated rings. The minimum atomic E-state index is -0.131. The molecule has 3 aliphatic heterocycles. The molecule has 3 heteroatoms. The summed E-state index contributed by atoms with van der Waals surface area (Å²) in [6, 6.07) is 0.763. The molecule has 150 valence electrons. The van der Waals surface area contributed by atoms with Crippen LogP contribution < -0.4 is 5.32 Å². The molecule has 0 aromatic heterocycles. The zero-order chi connectivity index (χ0) is 18.6. The maximum atomic E-state index is 3.38. The second kappa shape index (κ2) is 8.97. The highest BCUT2D eigenvalue weighted by Gasteiger charge is 2.54. The fraction of sp³-hybridized carbons (Fsp3) is 1.00. The van der Waals surface area contributed by atoms with E-state index in [1.54, 1.807) is 11.5 Å². The average molecular weight is 371 g/mol. The molecule has 3 saturated heterocycles. The first kappa shape index (κ1) is 21.6. The molecule has 25 heavy (non-hydrogen) atoms. The second-order valence-electron chi connectivity index (χ2n) is 9.23. The van der Waals surface area contributed by atoms with Crippen LogP contribution in [0, 0.1) is 5.41 Å². The summed E-state index contributed by atoms with van der Waals surface area (Å²) in [6.07, 6.45) is 14.6. The third kappa shape index (κ3) is 4.76. The molecule has 1 spiro atoms. The molecule has 2 atom stereocenters. The Kier molecular flexibility index (Phi) is 7.74. The van der Waals surface area contributed by atoms with Crippen molar-refractivity contribution in [1.29, 1.82) is 0 Å². The zero-order valence-corrected chi connectivity index (χ0v) is 18.9. The normalized spacial score (nSPS) is 38.2. The summed E-state index contributed by atoms with van der Waals surface area (Å²) in [6.45, 7) is 12.6. The van der Waals surface area contributed by atoms with Gasteiger partial charge in [-0.05, 0) is 109 Å². The number of likely N-dealkylation sites (tertiary alicyclic amines) is 1. The van der Waals surface area contributed by atoms with Crippen LogP contribution in [0.4, 0.5) is 0 Å². The van der Waals surface area contributed by atoms with Gasteiger partial charge in [0.15, 0.2) is 0 Å². The summed E-state index contributed by atoms with van der Waals surface area (Å²) in [4.78, 5) is 2.65. The summed E-state index contributed by atoms with van der Waals surface area (Å²) in [5, 5.41) is 3.38. The van der Waals surface area contributed by atoms with Crippen LogP contribution in [-0.2, 0) is 0 Å². The zero-order valence-electron chi connectivity index (χ0n) is 18.1. The summed E-state index contributed by atoms with van der Waals surface area (Å²) in [7, 11) is 1.97. The number of nitrogens with one attached hydrogen (secondary N) is 1. The standard InChI is InChI=1S/C11H21N.C9H19NS.C2H6/c1-10(2)12-8-3-4-11(5-6-11)7-9-12;1-10-8-9-4-3-6-11(9,2)7-5-9;1-2/h10H,3-9H2,1-2H3;10H,3-8H2,1-2H3;1-2H3. The molecular weight excluding hydrogens is 324 g/mol. The van der Waals surface area contributed by atoms with E-state index in [1.165, 1.54) is 71.0 Å². The maximum absolute atomic E-state index is 3.38. The van der Waals surface area contributed by atoms with E-state index < -0.39 is 0 Å². The first-order chi connectivity index (χ1) is 11.9. The van der Waals surface area contributed by atoms with Crippen molar-refractivity contribution in [3.8, 4) is 0 Å². The van der Waals surface area contributed by atoms with Gasteiger partial charge in [-0.3, -0.25) is 0 Å². The van der Waals surface area contributed by atoms with Crippen molar-refractivity contribution in [2.45, 2.75) is 89.9 Å². The van der Waals surface area contributed by atoms with Gasteiger partial charge in [0.25, 0.3) is 0 Å². The average Bonchev–Trinajstić information content (AvgIpc) is 3.38. The van der Waals surface area contributed by atoms with Crippen LogP contribution in [0.15, 0.2) is 0 Å². The van der Waals surface area contributed by atoms with Gasteiger partial charge in [-0.2, -0.15) is 0 Å². The van der Waals surface area contributed by atoms with E-state index in [2.05, 4.69) is 37.4 Å². The van der Waals surface area contributed by atoms with Gasteiger partial charge in [-0.25, -0.2) is 10.0 Å². The van der Waals surface area contributed by atoms with Crippen molar-refractivity contribution in [1.82, 2.24) is 10.2 Å². The summed E-state index contributed by atoms with van der Waals surface area (Å²) in [5.41, 5.74) is 0.837. The summed E-state index contributed by atoms with van der Waals surface area (Å²) < 4.78 is 0.793. The van der Waals surface area contributed by atoms with Crippen molar-refractivity contribution < 1.29 is 0 Å². The monoisotopic (exact) mass is 370 g/mol. The molecule has 0 radical (unpaired) electrons. The Morgan fingerprint density at radius 3 is 2.12 bits per heavy atom. The number of hydrogen-bond donors (Lipinski definition) is 1.